The highest BCUT2D eigenvalue weighted by Crippen LogP contribution is 2.29. The van der Waals surface area contributed by atoms with Gasteiger partial charge in [0.1, 0.15) is 11.6 Å². The lowest BCUT2D eigenvalue weighted by molar-refractivity contribution is -0.124. The molecule has 4 aromatic rings. The third-order valence-electron chi connectivity index (χ3n) is 7.24. The summed E-state index contributed by atoms with van der Waals surface area (Å²) in [6.07, 6.45) is -1.04. The molecule has 0 radical (unpaired) electrons. The summed E-state index contributed by atoms with van der Waals surface area (Å²) in [5.74, 6) is -0.894. The van der Waals surface area contributed by atoms with Crippen LogP contribution in [0.4, 0.5) is 4.39 Å². The Bertz CT molecular complexity index is 1780. The lowest BCUT2D eigenvalue weighted by Gasteiger charge is -2.28. The van der Waals surface area contributed by atoms with Crippen LogP contribution in [-0.2, 0) is 27.5 Å². The van der Waals surface area contributed by atoms with Gasteiger partial charge in [-0.3, -0.25) is 4.79 Å². The minimum Gasteiger partial charge on any atom is -0.482 e. The van der Waals surface area contributed by atoms with Crippen molar-refractivity contribution in [2.45, 2.75) is 48.0 Å². The Balaban J connectivity index is 1.59. The highest BCUT2D eigenvalue weighted by Gasteiger charge is 2.33. The molecule has 0 aliphatic heterocycles. The molecule has 46 heavy (non-hydrogen) atoms. The summed E-state index contributed by atoms with van der Waals surface area (Å²) < 4.78 is 47.8. The second-order valence-electron chi connectivity index (χ2n) is 10.6. The number of aliphatic hydroxyl groups is 1. The Labute approximate surface area is 295 Å². The molecule has 1 amide bonds. The van der Waals surface area contributed by atoms with E-state index in [1.807, 2.05) is 24.3 Å². The van der Waals surface area contributed by atoms with Gasteiger partial charge in [-0.25, -0.2) is 12.8 Å². The number of aryl methyl sites for hydroxylation is 1. The first-order valence-corrected chi connectivity index (χ1v) is 17.9. The Kier molecular flexibility index (Phi) is 13.2. The minimum atomic E-state index is -4.07. The Morgan fingerprint density at radius 1 is 0.913 bits per heavy atom. The van der Waals surface area contributed by atoms with Gasteiger partial charge in [-0.2, -0.15) is 0 Å². The summed E-state index contributed by atoms with van der Waals surface area (Å²) in [7, 11) is -4.07. The molecule has 0 spiro atoms. The van der Waals surface area contributed by atoms with Gasteiger partial charge in [0.25, 0.3) is 5.91 Å². The SMILES string of the molecule is O=C(COc1ccc(Cl)cc1Cl)N[C@@H](Cc1cccc(Br)c1)[C@H](O)C[C@@H](CCc1ccc(Cl)cc1Cl)S(=O)(=O)c1ccc(F)cc1. The van der Waals surface area contributed by atoms with E-state index in [0.717, 1.165) is 22.2 Å². The van der Waals surface area contributed by atoms with E-state index in [1.54, 1.807) is 24.3 Å². The summed E-state index contributed by atoms with van der Waals surface area (Å²) in [4.78, 5) is 13.0. The number of carbonyl (C=O) groups is 1. The van der Waals surface area contributed by atoms with Crippen molar-refractivity contribution in [1.82, 2.24) is 5.32 Å². The summed E-state index contributed by atoms with van der Waals surface area (Å²) >= 11 is 27.9. The van der Waals surface area contributed by atoms with E-state index in [4.69, 9.17) is 51.1 Å². The molecule has 0 unspecified atom stereocenters. The van der Waals surface area contributed by atoms with Crippen molar-refractivity contribution in [2.75, 3.05) is 6.61 Å². The van der Waals surface area contributed by atoms with Crippen LogP contribution in [0.1, 0.15) is 24.0 Å². The third kappa shape index (κ3) is 10.3. The number of benzene rings is 4. The average Bonchev–Trinajstić information content (AvgIpc) is 2.99. The zero-order chi connectivity index (χ0) is 33.4. The van der Waals surface area contributed by atoms with Crippen molar-refractivity contribution in [3.05, 3.63) is 126 Å². The molecule has 4 aromatic carbocycles. The lowest BCUT2D eigenvalue weighted by atomic mass is 9.96. The van der Waals surface area contributed by atoms with Gasteiger partial charge < -0.3 is 15.2 Å². The molecule has 13 heteroatoms. The molecular weight excluding hydrogens is 763 g/mol. The number of sulfone groups is 1. The number of nitrogens with one attached hydrogen (secondary N) is 1. The van der Waals surface area contributed by atoms with Crippen molar-refractivity contribution < 1.29 is 27.4 Å². The number of carbonyl (C=O) groups excluding carboxylic acids is 1. The monoisotopic (exact) mass is 789 g/mol. The normalized spacial score (nSPS) is 13.5. The average molecular weight is 792 g/mol. The van der Waals surface area contributed by atoms with Crippen LogP contribution >= 0.6 is 62.3 Å². The van der Waals surface area contributed by atoms with E-state index < -0.39 is 45.6 Å². The molecule has 0 aromatic heterocycles. The molecule has 3 atom stereocenters. The maximum absolute atomic E-state index is 13.9. The molecule has 0 aliphatic rings. The maximum Gasteiger partial charge on any atom is 0.258 e. The van der Waals surface area contributed by atoms with E-state index in [2.05, 4.69) is 21.2 Å². The topological polar surface area (TPSA) is 92.7 Å². The number of aliphatic hydroxyl groups excluding tert-OH is 1. The van der Waals surface area contributed by atoms with E-state index in [-0.39, 0.29) is 41.4 Å². The van der Waals surface area contributed by atoms with Gasteiger partial charge in [-0.1, -0.05) is 80.5 Å². The van der Waals surface area contributed by atoms with E-state index in [1.165, 1.54) is 24.3 Å². The third-order valence-corrected chi connectivity index (χ3v) is 11.1. The molecule has 2 N–H and O–H groups in total. The molecule has 4 rings (SSSR count). The van der Waals surface area contributed by atoms with Crippen molar-refractivity contribution in [2.24, 2.45) is 0 Å². The maximum atomic E-state index is 13.9. The molecule has 0 aliphatic carbocycles. The smallest absolute Gasteiger partial charge is 0.258 e. The fraction of sp³-hybridized carbons (Fsp3) is 0.242. The van der Waals surface area contributed by atoms with Gasteiger partial charge >= 0.3 is 0 Å². The summed E-state index contributed by atoms with van der Waals surface area (Å²) in [5, 5.41) is 14.7. The molecule has 0 fully saturated rings. The molecule has 0 bridgehead atoms. The Hall–Kier alpha value is -2.37. The number of halogens is 6. The van der Waals surface area contributed by atoms with Crippen LogP contribution in [0.15, 0.2) is 94.3 Å². The summed E-state index contributed by atoms with van der Waals surface area (Å²) in [5.41, 5.74) is 1.46. The van der Waals surface area contributed by atoms with Gasteiger partial charge in [0, 0.05) is 19.5 Å². The van der Waals surface area contributed by atoms with Crippen molar-refractivity contribution >= 4 is 78.1 Å². The zero-order valence-electron chi connectivity index (χ0n) is 24.1. The first-order valence-electron chi connectivity index (χ1n) is 14.0. The second kappa shape index (κ2) is 16.6. The van der Waals surface area contributed by atoms with E-state index >= 15 is 0 Å². The fourth-order valence-electron chi connectivity index (χ4n) is 4.88. The molecule has 0 heterocycles. The van der Waals surface area contributed by atoms with Crippen LogP contribution in [0.25, 0.3) is 0 Å². The van der Waals surface area contributed by atoms with Gasteiger partial charge in [-0.15, -0.1) is 0 Å². The number of hydrogen-bond acceptors (Lipinski definition) is 5. The minimum absolute atomic E-state index is 0.0772. The Morgan fingerprint density at radius 2 is 1.59 bits per heavy atom. The van der Waals surface area contributed by atoms with Crippen LogP contribution < -0.4 is 10.1 Å². The second-order valence-corrected chi connectivity index (χ2v) is 15.4. The number of rotatable bonds is 14. The summed E-state index contributed by atoms with van der Waals surface area (Å²) in [6.45, 7) is -0.421. The molecule has 0 saturated carbocycles. The van der Waals surface area contributed by atoms with E-state index in [0.29, 0.717) is 20.6 Å². The highest BCUT2D eigenvalue weighted by atomic mass is 79.9. The predicted octanol–water partition coefficient (Wildman–Crippen LogP) is 8.53. The first kappa shape index (κ1) is 36.5. The van der Waals surface area contributed by atoms with Crippen LogP contribution in [0.2, 0.25) is 20.1 Å². The molecule has 244 valence electrons. The molecule has 0 saturated heterocycles. The summed E-state index contributed by atoms with van der Waals surface area (Å²) in [6, 6.07) is 20.5. The van der Waals surface area contributed by atoms with Gasteiger partial charge in [-0.05, 0) is 104 Å². The van der Waals surface area contributed by atoms with Crippen molar-refractivity contribution in [3.63, 3.8) is 0 Å². The lowest BCUT2D eigenvalue weighted by Crippen LogP contribution is -2.48. The van der Waals surface area contributed by atoms with Gasteiger partial charge in [0.2, 0.25) is 0 Å². The predicted molar refractivity (Wildman–Crippen MR) is 185 cm³/mol. The standard InChI is InChI=1S/C33H29BrCl4FNO5S/c34-22-3-1-2-20(14-22)15-30(40-33(42)19-45-32-13-7-24(36)17-29(32)38)31(41)18-27(10-5-21-4-6-23(35)16-28(21)37)46(43,44)26-11-8-25(39)9-12-26/h1-4,6-9,11-14,16-17,27,30-31,41H,5,10,15,18-19H2,(H,40,42)/t27-,30+,31-/m1/s1. The van der Waals surface area contributed by atoms with Crippen LogP contribution in [0, 0.1) is 5.82 Å². The van der Waals surface area contributed by atoms with Crippen LogP contribution in [0.5, 0.6) is 5.75 Å². The fourth-order valence-corrected chi connectivity index (χ4v) is 8.07. The highest BCUT2D eigenvalue weighted by molar-refractivity contribution is 9.10. The van der Waals surface area contributed by atoms with Crippen molar-refractivity contribution in [1.29, 1.82) is 0 Å². The van der Waals surface area contributed by atoms with Gasteiger partial charge in [0.05, 0.1) is 27.3 Å². The first-order chi connectivity index (χ1) is 21.8. The number of ether oxygens (including phenoxy) is 1. The zero-order valence-corrected chi connectivity index (χ0v) is 29.5. The molecular formula is C33H29BrCl4FNO5S. The quantitative estimate of drug-likeness (QED) is 0.125. The number of hydrogen-bond donors (Lipinski definition) is 2. The van der Waals surface area contributed by atoms with Crippen LogP contribution in [-0.4, -0.2) is 43.4 Å². The van der Waals surface area contributed by atoms with Crippen molar-refractivity contribution in [3.8, 4) is 5.75 Å². The number of amides is 1. The van der Waals surface area contributed by atoms with Crippen LogP contribution in [0.3, 0.4) is 0 Å². The largest absolute Gasteiger partial charge is 0.482 e. The van der Waals surface area contributed by atoms with Gasteiger partial charge in [0.15, 0.2) is 16.4 Å². The van der Waals surface area contributed by atoms with E-state index in [9.17, 15) is 22.7 Å². The Morgan fingerprint density at radius 3 is 2.24 bits per heavy atom. The molecule has 6 nitrogen and oxygen atoms in total.